The molecule has 2 amide bonds. The molecule has 1 aromatic carbocycles. The minimum absolute atomic E-state index is 0.0599. The number of carbonyl (C=O) groups is 3. The molecule has 0 bridgehead atoms. The normalized spacial score (nSPS) is 23.0. The first-order chi connectivity index (χ1) is 26.3. The van der Waals surface area contributed by atoms with Crippen molar-refractivity contribution < 1.29 is 51.4 Å². The number of aliphatic hydroxyl groups is 2. The van der Waals surface area contributed by atoms with Crippen molar-refractivity contribution in [1.82, 2.24) is 38.7 Å². The van der Waals surface area contributed by atoms with E-state index in [1.165, 1.54) is 28.2 Å². The molecular weight excluding hydrogens is 850 g/mol. The lowest BCUT2D eigenvalue weighted by Crippen LogP contribution is -2.55. The number of rotatable bonds is 10. The summed E-state index contributed by atoms with van der Waals surface area (Å²) in [5.41, 5.74) is 5.07. The Hall–Kier alpha value is -4.52. The predicted octanol–water partition coefficient (Wildman–Crippen LogP) is 1.57. The summed E-state index contributed by atoms with van der Waals surface area (Å²) in [5, 5.41) is 21.7. The van der Waals surface area contributed by atoms with Crippen LogP contribution in [0.4, 0.5) is 15.4 Å². The molecule has 6 atom stereocenters. The predicted molar refractivity (Wildman–Crippen MR) is 198 cm³/mol. The quantitative estimate of drug-likeness (QED) is 0.176. The van der Waals surface area contributed by atoms with Crippen LogP contribution >= 0.6 is 27.5 Å². The molecule has 3 unspecified atom stereocenters. The number of Topliss-reactive ketones (excluding diaryl/α,β-unsaturated/α-hetero) is 1. The average Bonchev–Trinajstić information content (AvgIpc) is 3.66. The number of carbonyl (C=O) groups excluding carboxylic acids is 3. The number of aromatic nitrogens is 6. The third-order valence-electron chi connectivity index (χ3n) is 8.85. The van der Waals surface area contributed by atoms with Gasteiger partial charge in [0.15, 0.2) is 23.5 Å². The van der Waals surface area contributed by atoms with Crippen LogP contribution in [0.1, 0.15) is 46.3 Å². The molecule has 0 saturated carbocycles. The van der Waals surface area contributed by atoms with Crippen LogP contribution < -0.4 is 16.0 Å². The van der Waals surface area contributed by atoms with Crippen molar-refractivity contribution in [3.8, 4) is 0 Å². The highest BCUT2D eigenvalue weighted by atomic mass is 79.9. The summed E-state index contributed by atoms with van der Waals surface area (Å²) in [6, 6.07) is 1.85. The zero-order chi connectivity index (χ0) is 40.7. The Balaban J connectivity index is 1.12. The Labute approximate surface area is 331 Å². The molecule has 5 heterocycles. The number of amides is 2. The number of ketones is 1. The van der Waals surface area contributed by atoms with Gasteiger partial charge < -0.3 is 35.1 Å². The number of likely N-dealkylation sites (tertiary alicyclic amines) is 1. The number of aliphatic hydroxyl groups excluding tert-OH is 2. The van der Waals surface area contributed by atoms with E-state index in [9.17, 15) is 37.8 Å². The van der Waals surface area contributed by atoms with E-state index in [2.05, 4.69) is 35.9 Å². The van der Waals surface area contributed by atoms with Crippen molar-refractivity contribution in [2.45, 2.75) is 88.9 Å². The SMILES string of the molecule is CC(C)(C)OC(=O)N1CCCC(OC(=O)NS(=O)(=O)OCC2O[C@@H](n3cnc4c(N)ncnc43)[C@H](O)[C@@H]2O)C1CC(=O)Cn1cnc2cc(Br)c(Cl)cc2c1=O. The van der Waals surface area contributed by atoms with Crippen molar-refractivity contribution in [3.63, 3.8) is 0 Å². The number of anilines is 1. The number of nitrogens with two attached hydrogens (primary N) is 1. The van der Waals surface area contributed by atoms with Gasteiger partial charge in [-0.1, -0.05) is 11.6 Å². The van der Waals surface area contributed by atoms with Gasteiger partial charge >= 0.3 is 22.5 Å². The maximum absolute atomic E-state index is 13.5. The summed E-state index contributed by atoms with van der Waals surface area (Å²) in [4.78, 5) is 70.5. The number of nitrogens with zero attached hydrogens (tertiary/aromatic N) is 7. The van der Waals surface area contributed by atoms with E-state index in [1.807, 2.05) is 0 Å². The fourth-order valence-electron chi connectivity index (χ4n) is 6.30. The first kappa shape index (κ1) is 41.1. The monoisotopic (exact) mass is 885 g/mol. The van der Waals surface area contributed by atoms with E-state index >= 15 is 0 Å². The van der Waals surface area contributed by atoms with Crippen LogP contribution in [0, 0.1) is 0 Å². The smallest absolute Gasteiger partial charge is 0.423 e. The molecule has 2 aliphatic rings. The van der Waals surface area contributed by atoms with Gasteiger partial charge in [-0.3, -0.25) is 22.9 Å². The van der Waals surface area contributed by atoms with Crippen LogP contribution in [-0.4, -0.2) is 120 Å². The zero-order valence-electron chi connectivity index (χ0n) is 29.9. The molecule has 2 fully saturated rings. The van der Waals surface area contributed by atoms with Gasteiger partial charge in [0.05, 0.1) is 47.8 Å². The lowest BCUT2D eigenvalue weighted by Gasteiger charge is -2.40. The van der Waals surface area contributed by atoms with Crippen LogP contribution in [0.25, 0.3) is 22.1 Å². The van der Waals surface area contributed by atoms with Crippen LogP contribution in [0.2, 0.25) is 5.02 Å². The van der Waals surface area contributed by atoms with E-state index in [0.29, 0.717) is 16.4 Å². The van der Waals surface area contributed by atoms with Gasteiger partial charge in [-0.25, -0.2) is 29.5 Å². The number of nitrogens with one attached hydrogen (secondary N) is 1. The topological polar surface area (TPSA) is 283 Å². The highest BCUT2D eigenvalue weighted by molar-refractivity contribution is 9.10. The lowest BCUT2D eigenvalue weighted by atomic mass is 9.94. The molecule has 0 spiro atoms. The van der Waals surface area contributed by atoms with Gasteiger partial charge in [0.1, 0.15) is 41.9 Å². The molecule has 302 valence electrons. The van der Waals surface area contributed by atoms with Crippen LogP contribution in [-0.2, 0) is 40.0 Å². The van der Waals surface area contributed by atoms with Crippen molar-refractivity contribution in [1.29, 1.82) is 0 Å². The average molecular weight is 887 g/mol. The molecule has 0 radical (unpaired) electrons. The number of piperidine rings is 1. The molecule has 21 nitrogen and oxygen atoms in total. The van der Waals surface area contributed by atoms with Gasteiger partial charge in [-0.05, 0) is 61.7 Å². The number of nitrogen functional groups attached to an aromatic ring is 1. The van der Waals surface area contributed by atoms with E-state index in [1.54, 1.807) is 31.6 Å². The molecule has 24 heteroatoms. The van der Waals surface area contributed by atoms with E-state index in [4.69, 9.17) is 35.7 Å². The molecule has 2 saturated heterocycles. The summed E-state index contributed by atoms with van der Waals surface area (Å²) >= 11 is 9.45. The third kappa shape index (κ3) is 9.03. The largest absolute Gasteiger partial charge is 0.444 e. The molecule has 6 rings (SSSR count). The Morgan fingerprint density at radius 2 is 1.88 bits per heavy atom. The van der Waals surface area contributed by atoms with Crippen molar-refractivity contribution in [2.75, 3.05) is 18.9 Å². The number of fused-ring (bicyclic) bond motifs is 2. The number of imidazole rings is 1. The maximum Gasteiger partial charge on any atom is 0.423 e. The number of benzene rings is 1. The molecule has 0 aliphatic carbocycles. The number of hydrogen-bond donors (Lipinski definition) is 4. The second kappa shape index (κ2) is 16.1. The minimum atomic E-state index is -4.92. The lowest BCUT2D eigenvalue weighted by molar-refractivity contribution is -0.122. The Kier molecular flexibility index (Phi) is 11.9. The Morgan fingerprint density at radius 1 is 1.12 bits per heavy atom. The van der Waals surface area contributed by atoms with Crippen LogP contribution in [0.15, 0.2) is 40.4 Å². The highest BCUT2D eigenvalue weighted by Gasteiger charge is 2.45. The molecular formula is C32H37BrClN9O12S. The van der Waals surface area contributed by atoms with E-state index in [-0.39, 0.29) is 40.4 Å². The molecule has 56 heavy (non-hydrogen) atoms. The summed E-state index contributed by atoms with van der Waals surface area (Å²) in [7, 11) is -4.92. The maximum atomic E-state index is 13.5. The van der Waals surface area contributed by atoms with E-state index < -0.39 is 95.7 Å². The van der Waals surface area contributed by atoms with Gasteiger partial charge in [0.2, 0.25) is 0 Å². The van der Waals surface area contributed by atoms with Gasteiger partial charge in [-0.15, -0.1) is 0 Å². The standard InChI is InChI=1S/C32H37BrClN9O12S/c1-32(2,3)55-31(49)42-6-4-5-21(20(42)7-15(44)10-41-13-38-19-9-17(33)18(34)8-16(19)28(41)47)54-30(48)40-56(50,51)52-11-22-24(45)25(46)29(53-22)43-14-39-23-26(35)36-12-37-27(23)43/h8-9,12-14,20-22,24-25,29,45-46H,4-7,10-11H2,1-3H3,(H,40,48)(H2,35,36,37)/t20?,21?,22?,24-,25-,29-/m1/s1. The first-order valence-electron chi connectivity index (χ1n) is 17.0. The first-order valence-corrected chi connectivity index (χ1v) is 19.6. The second-order valence-electron chi connectivity index (χ2n) is 14.0. The summed E-state index contributed by atoms with van der Waals surface area (Å²) in [6.07, 6.45) is -5.79. The minimum Gasteiger partial charge on any atom is -0.444 e. The molecule has 5 N–H and O–H groups in total. The van der Waals surface area contributed by atoms with Crippen LogP contribution in [0.3, 0.4) is 0 Å². The number of ether oxygens (including phenoxy) is 3. The number of halogens is 2. The van der Waals surface area contributed by atoms with Crippen molar-refractivity contribution in [3.05, 3.63) is 51.0 Å². The van der Waals surface area contributed by atoms with Gasteiger partial charge in [0, 0.05) is 17.4 Å². The fraction of sp³-hybridized carbons (Fsp3) is 0.500. The fourth-order valence-corrected chi connectivity index (χ4v) is 7.42. The van der Waals surface area contributed by atoms with Gasteiger partial charge in [-0.2, -0.15) is 13.1 Å². The molecule has 2 aliphatic heterocycles. The molecule has 3 aromatic heterocycles. The second-order valence-corrected chi connectivity index (χ2v) is 16.6. The van der Waals surface area contributed by atoms with Crippen molar-refractivity contribution >= 4 is 83.7 Å². The molecule has 4 aromatic rings. The van der Waals surface area contributed by atoms with Crippen molar-refractivity contribution in [2.24, 2.45) is 0 Å². The third-order valence-corrected chi connectivity index (χ3v) is 10.9. The van der Waals surface area contributed by atoms with Crippen LogP contribution in [0.5, 0.6) is 0 Å². The Morgan fingerprint density at radius 3 is 2.61 bits per heavy atom. The summed E-state index contributed by atoms with van der Waals surface area (Å²) in [6.45, 7) is 3.75. The highest BCUT2D eigenvalue weighted by Crippen LogP contribution is 2.33. The summed E-state index contributed by atoms with van der Waals surface area (Å²) in [5.74, 6) is -0.484. The van der Waals surface area contributed by atoms with E-state index in [0.717, 1.165) is 10.9 Å². The number of hydrogen-bond acceptors (Lipinski definition) is 17. The summed E-state index contributed by atoms with van der Waals surface area (Å²) < 4.78 is 51.8. The Bertz CT molecular complexity index is 2340. The van der Waals surface area contributed by atoms with Gasteiger partial charge in [0.25, 0.3) is 5.56 Å². The zero-order valence-corrected chi connectivity index (χ0v) is 33.1.